The van der Waals surface area contributed by atoms with Crippen LogP contribution in [0, 0.1) is 0 Å². The molecule has 5 rings (SSSR count). The molecule has 8 heteroatoms. The molecule has 3 aromatic rings. The van der Waals surface area contributed by atoms with Crippen LogP contribution in [-0.4, -0.2) is 45.2 Å². The number of aliphatic hydroxyl groups excluding tert-OH is 1. The lowest BCUT2D eigenvalue weighted by Crippen LogP contribution is -2.51. The van der Waals surface area contributed by atoms with Crippen molar-refractivity contribution in [2.45, 2.75) is 69.6 Å². The minimum atomic E-state index is -1.11. The Bertz CT molecular complexity index is 1290. The van der Waals surface area contributed by atoms with Crippen molar-refractivity contribution >= 4 is 23.5 Å². The number of fused-ring (bicyclic) bond motifs is 1. The molecule has 1 fully saturated rings. The van der Waals surface area contributed by atoms with Crippen LogP contribution in [0.15, 0.2) is 72.8 Å². The number of amides is 1. The van der Waals surface area contributed by atoms with E-state index in [1.807, 2.05) is 66.7 Å². The summed E-state index contributed by atoms with van der Waals surface area (Å²) in [5.41, 5.74) is 3.13. The zero-order valence-electron chi connectivity index (χ0n) is 21.5. The van der Waals surface area contributed by atoms with Crippen LogP contribution < -0.4 is 4.74 Å². The minimum Gasteiger partial charge on any atom is -0.487 e. The Kier molecular flexibility index (Phi) is 8.50. The summed E-state index contributed by atoms with van der Waals surface area (Å²) in [4.78, 5) is 28.0. The van der Waals surface area contributed by atoms with Gasteiger partial charge in [-0.3, -0.25) is 4.79 Å². The first kappa shape index (κ1) is 27.2. The van der Waals surface area contributed by atoms with Crippen molar-refractivity contribution in [1.82, 2.24) is 4.90 Å². The monoisotopic (exact) mass is 549 g/mol. The van der Waals surface area contributed by atoms with Crippen LogP contribution in [0.3, 0.4) is 0 Å². The molecule has 1 aliphatic carbocycles. The third-order valence-corrected chi connectivity index (χ3v) is 7.81. The first-order chi connectivity index (χ1) is 18.9. The number of halogens is 1. The van der Waals surface area contributed by atoms with Gasteiger partial charge in [0.1, 0.15) is 18.4 Å². The average Bonchev–Trinajstić information content (AvgIpc) is 2.96. The normalized spacial score (nSPS) is 21.6. The van der Waals surface area contributed by atoms with E-state index in [1.54, 1.807) is 6.07 Å². The Morgan fingerprint density at radius 3 is 2.28 bits per heavy atom. The molecule has 3 aromatic carbocycles. The molecule has 0 bridgehead atoms. The molecule has 0 radical (unpaired) electrons. The third-order valence-electron chi connectivity index (χ3n) is 7.52. The highest BCUT2D eigenvalue weighted by Crippen LogP contribution is 2.39. The number of carbonyl (C=O) groups is 2. The fourth-order valence-corrected chi connectivity index (χ4v) is 5.61. The summed E-state index contributed by atoms with van der Waals surface area (Å²) in [5, 5.41) is 20.5. The molecule has 0 spiro atoms. The predicted octanol–water partition coefficient (Wildman–Crippen LogP) is 5.32. The second-order valence-electron chi connectivity index (χ2n) is 10.2. The predicted molar refractivity (Wildman–Crippen MR) is 146 cm³/mol. The Hall–Kier alpha value is -3.39. The van der Waals surface area contributed by atoms with Gasteiger partial charge in [0.2, 0.25) is 0 Å². The summed E-state index contributed by atoms with van der Waals surface area (Å²) in [6, 6.07) is 21.3. The van der Waals surface area contributed by atoms with E-state index in [-0.39, 0.29) is 31.8 Å². The fraction of sp³-hybridized carbons (Fsp3) is 0.355. The maximum Gasteiger partial charge on any atom is 0.326 e. The lowest BCUT2D eigenvalue weighted by atomic mass is 9.91. The van der Waals surface area contributed by atoms with Gasteiger partial charge >= 0.3 is 5.97 Å². The van der Waals surface area contributed by atoms with Crippen molar-refractivity contribution in [1.29, 1.82) is 0 Å². The van der Waals surface area contributed by atoms with Gasteiger partial charge in [0.05, 0.1) is 17.2 Å². The van der Waals surface area contributed by atoms with Crippen LogP contribution in [0.1, 0.15) is 54.0 Å². The Morgan fingerprint density at radius 1 is 0.949 bits per heavy atom. The van der Waals surface area contributed by atoms with Gasteiger partial charge in [-0.2, -0.15) is 0 Å². The lowest BCUT2D eigenvalue weighted by Gasteiger charge is -2.38. The largest absolute Gasteiger partial charge is 0.487 e. The minimum absolute atomic E-state index is 0.0677. The van der Waals surface area contributed by atoms with Gasteiger partial charge in [-0.15, -0.1) is 0 Å². The van der Waals surface area contributed by atoms with Gasteiger partial charge in [-0.25, -0.2) is 4.79 Å². The van der Waals surface area contributed by atoms with Gasteiger partial charge in [-0.05, 0) is 48.4 Å². The number of ether oxygens (including phenoxy) is 2. The van der Waals surface area contributed by atoms with Crippen molar-refractivity contribution in [2.75, 3.05) is 0 Å². The van der Waals surface area contributed by atoms with Crippen molar-refractivity contribution in [3.8, 4) is 5.75 Å². The number of rotatable bonds is 8. The number of carboxylic acid groups (broad SMARTS) is 1. The summed E-state index contributed by atoms with van der Waals surface area (Å²) in [6.07, 6.45) is 1.08. The smallest absolute Gasteiger partial charge is 0.326 e. The van der Waals surface area contributed by atoms with Crippen molar-refractivity contribution in [3.05, 3.63) is 100 Å². The van der Waals surface area contributed by atoms with Crippen molar-refractivity contribution in [3.63, 3.8) is 0 Å². The highest BCUT2D eigenvalue weighted by atomic mass is 35.5. The summed E-state index contributed by atoms with van der Waals surface area (Å²) in [7, 11) is 0. The van der Waals surface area contributed by atoms with E-state index in [0.717, 1.165) is 11.1 Å². The Labute approximate surface area is 232 Å². The number of aliphatic carboxylic acids is 1. The molecule has 2 N–H and O–H groups in total. The summed E-state index contributed by atoms with van der Waals surface area (Å²) >= 11 is 6.51. The zero-order valence-corrected chi connectivity index (χ0v) is 22.3. The SMILES string of the molecule is O=C(O)[C@@H]1Cc2c(ccc(Cl)c2OCc2ccccc2)CN1C(=O)[C@H](O[C@H]1CC[C@@H](O)CC1)c1ccccc1. The maximum atomic E-state index is 14.1. The van der Waals surface area contributed by atoms with E-state index in [9.17, 15) is 19.8 Å². The van der Waals surface area contributed by atoms with E-state index >= 15 is 0 Å². The molecule has 0 unspecified atom stereocenters. The summed E-state index contributed by atoms with van der Waals surface area (Å²) in [6.45, 7) is 0.386. The number of nitrogens with zero attached hydrogens (tertiary/aromatic N) is 1. The molecule has 39 heavy (non-hydrogen) atoms. The summed E-state index contributed by atoms with van der Waals surface area (Å²) in [5.74, 6) is -1.05. The first-order valence-electron chi connectivity index (χ1n) is 13.3. The number of hydrogen-bond acceptors (Lipinski definition) is 5. The molecule has 204 valence electrons. The molecule has 2 aliphatic rings. The zero-order chi connectivity index (χ0) is 27.4. The number of benzene rings is 3. The van der Waals surface area contributed by atoms with Gasteiger partial charge in [-0.1, -0.05) is 78.3 Å². The molecule has 2 atom stereocenters. The Balaban J connectivity index is 1.43. The molecule has 1 amide bonds. The quantitative estimate of drug-likeness (QED) is 0.395. The molecule has 0 saturated heterocycles. The van der Waals surface area contributed by atoms with Crippen LogP contribution in [0.4, 0.5) is 0 Å². The molecule has 7 nitrogen and oxygen atoms in total. The maximum absolute atomic E-state index is 14.1. The van der Waals surface area contributed by atoms with E-state index < -0.39 is 24.0 Å². The molecule has 1 saturated carbocycles. The van der Waals surface area contributed by atoms with Crippen LogP contribution >= 0.6 is 11.6 Å². The number of carbonyl (C=O) groups excluding carboxylic acids is 1. The first-order valence-corrected chi connectivity index (χ1v) is 13.7. The van der Waals surface area contributed by atoms with E-state index in [1.165, 1.54) is 4.90 Å². The molecule has 1 aliphatic heterocycles. The molecular formula is C31H32ClNO6. The van der Waals surface area contributed by atoms with E-state index in [0.29, 0.717) is 47.6 Å². The van der Waals surface area contributed by atoms with Gasteiger partial charge in [0.25, 0.3) is 5.91 Å². The number of hydrogen-bond donors (Lipinski definition) is 2. The van der Waals surface area contributed by atoms with Crippen LogP contribution in [0.5, 0.6) is 5.75 Å². The van der Waals surface area contributed by atoms with Gasteiger partial charge in [0, 0.05) is 18.5 Å². The Morgan fingerprint density at radius 2 is 1.62 bits per heavy atom. The van der Waals surface area contributed by atoms with Crippen LogP contribution in [0.2, 0.25) is 5.02 Å². The van der Waals surface area contributed by atoms with Gasteiger partial charge in [0.15, 0.2) is 6.10 Å². The molecule has 0 aromatic heterocycles. The lowest BCUT2D eigenvalue weighted by molar-refractivity contribution is -0.161. The van der Waals surface area contributed by atoms with Crippen LogP contribution in [0.25, 0.3) is 0 Å². The van der Waals surface area contributed by atoms with Gasteiger partial charge < -0.3 is 24.6 Å². The topological polar surface area (TPSA) is 96.3 Å². The second kappa shape index (κ2) is 12.2. The number of aliphatic hydroxyl groups is 1. The molecular weight excluding hydrogens is 518 g/mol. The van der Waals surface area contributed by atoms with Crippen molar-refractivity contribution < 1.29 is 29.3 Å². The van der Waals surface area contributed by atoms with E-state index in [2.05, 4.69) is 0 Å². The van der Waals surface area contributed by atoms with Crippen molar-refractivity contribution in [2.24, 2.45) is 0 Å². The number of carboxylic acids is 1. The highest BCUT2D eigenvalue weighted by molar-refractivity contribution is 6.32. The highest BCUT2D eigenvalue weighted by Gasteiger charge is 2.40. The standard InChI is InChI=1S/C31H32ClNO6/c32-26-16-11-22-18-33(27(31(36)37)17-25(22)29(26)38-19-20-7-3-1-4-8-20)30(35)28(21-9-5-2-6-10-21)39-24-14-12-23(34)13-15-24/h1-11,16,23-24,27-28,34H,12-15,17-19H2,(H,36,37)/t23-,24+,27-,28+/m0/s1. The average molecular weight is 550 g/mol. The second-order valence-corrected chi connectivity index (χ2v) is 10.6. The van der Waals surface area contributed by atoms with Crippen LogP contribution in [-0.2, 0) is 33.9 Å². The summed E-state index contributed by atoms with van der Waals surface area (Å²) < 4.78 is 12.4. The molecule has 1 heterocycles. The third kappa shape index (κ3) is 6.27. The van der Waals surface area contributed by atoms with E-state index in [4.69, 9.17) is 21.1 Å². The fourth-order valence-electron chi connectivity index (χ4n) is 5.38.